The second-order valence-electron chi connectivity index (χ2n) is 8.29. The Hall–Kier alpha value is -1.30. The van der Waals surface area contributed by atoms with Crippen LogP contribution in [0.5, 0.6) is 0 Å². The van der Waals surface area contributed by atoms with Gasteiger partial charge in [-0.3, -0.25) is 0 Å². The maximum atomic E-state index is 2.40. The average molecular weight is 341 g/mol. The third kappa shape index (κ3) is 11.0. The Morgan fingerprint density at radius 3 is 2.12 bits per heavy atom. The number of aryl methyl sites for hydroxylation is 1. The number of rotatable bonds is 8. The van der Waals surface area contributed by atoms with Gasteiger partial charge in [-0.1, -0.05) is 95.2 Å². The third-order valence-corrected chi connectivity index (χ3v) is 5.19. The normalized spacial score (nSPS) is 14.9. The molecule has 0 saturated carbocycles. The zero-order valence-corrected chi connectivity index (χ0v) is 17.3. The summed E-state index contributed by atoms with van der Waals surface area (Å²) in [4.78, 5) is 0. The molecule has 0 heteroatoms. The van der Waals surface area contributed by atoms with E-state index in [0.717, 1.165) is 17.8 Å². The van der Waals surface area contributed by atoms with Crippen LogP contribution in [0.25, 0.3) is 0 Å². The first kappa shape index (κ1) is 21.7. The Morgan fingerprint density at radius 1 is 0.840 bits per heavy atom. The molecular weight excluding hydrogens is 300 g/mol. The molecule has 0 nitrogen and oxygen atoms in total. The molecule has 1 aliphatic rings. The predicted octanol–water partition coefficient (Wildman–Crippen LogP) is 8.00. The van der Waals surface area contributed by atoms with E-state index in [-0.39, 0.29) is 0 Å². The van der Waals surface area contributed by atoms with E-state index in [9.17, 15) is 0 Å². The van der Waals surface area contributed by atoms with Crippen molar-refractivity contribution in [1.82, 2.24) is 0 Å². The topological polar surface area (TPSA) is 0 Å². The van der Waals surface area contributed by atoms with Crippen molar-refractivity contribution in [2.24, 2.45) is 17.8 Å². The van der Waals surface area contributed by atoms with Crippen molar-refractivity contribution in [2.45, 2.75) is 79.6 Å². The second kappa shape index (κ2) is 13.0. The fraction of sp³-hybridized carbons (Fsp3) is 0.600. The van der Waals surface area contributed by atoms with Gasteiger partial charge in [-0.05, 0) is 61.8 Å². The number of hydrogen-bond acceptors (Lipinski definition) is 0. The van der Waals surface area contributed by atoms with Crippen LogP contribution in [-0.2, 0) is 6.42 Å². The molecule has 1 aromatic carbocycles. The molecule has 1 unspecified atom stereocenters. The van der Waals surface area contributed by atoms with Gasteiger partial charge in [0.25, 0.3) is 0 Å². The van der Waals surface area contributed by atoms with Gasteiger partial charge in [-0.2, -0.15) is 0 Å². The van der Waals surface area contributed by atoms with Gasteiger partial charge in [-0.25, -0.2) is 0 Å². The van der Waals surface area contributed by atoms with Gasteiger partial charge in [0, 0.05) is 0 Å². The summed E-state index contributed by atoms with van der Waals surface area (Å²) in [6, 6.07) is 10.7. The summed E-state index contributed by atoms with van der Waals surface area (Å²) in [5.41, 5.74) is 3.02. The maximum Gasteiger partial charge on any atom is -0.0279 e. The van der Waals surface area contributed by atoms with Crippen LogP contribution < -0.4 is 0 Å². The Morgan fingerprint density at radius 2 is 1.56 bits per heavy atom. The van der Waals surface area contributed by atoms with E-state index in [1.54, 1.807) is 5.57 Å². The molecule has 0 fully saturated rings. The van der Waals surface area contributed by atoms with E-state index in [2.05, 4.69) is 83.2 Å². The van der Waals surface area contributed by atoms with E-state index >= 15 is 0 Å². The van der Waals surface area contributed by atoms with Crippen LogP contribution in [0.2, 0.25) is 0 Å². The largest absolute Gasteiger partial charge is 0.0840 e. The van der Waals surface area contributed by atoms with Gasteiger partial charge in [-0.15, -0.1) is 0 Å². The summed E-state index contributed by atoms with van der Waals surface area (Å²) < 4.78 is 0. The second-order valence-corrected chi connectivity index (χ2v) is 8.29. The highest BCUT2D eigenvalue weighted by molar-refractivity contribution is 5.21. The molecule has 0 aliphatic heterocycles. The SMILES string of the molecule is CC(C)C(C)CCC1=CCCC=C1.CC(C)CCCc1ccccc1. The molecule has 140 valence electrons. The molecule has 0 spiro atoms. The molecule has 0 radical (unpaired) electrons. The highest BCUT2D eigenvalue weighted by Crippen LogP contribution is 2.21. The van der Waals surface area contributed by atoms with Gasteiger partial charge in [0.1, 0.15) is 0 Å². The van der Waals surface area contributed by atoms with Gasteiger partial charge >= 0.3 is 0 Å². The van der Waals surface area contributed by atoms with Crippen LogP contribution in [0.1, 0.15) is 78.7 Å². The maximum absolute atomic E-state index is 2.40. The van der Waals surface area contributed by atoms with E-state index in [1.807, 2.05) is 0 Å². The summed E-state index contributed by atoms with van der Waals surface area (Å²) in [6.07, 6.45) is 16.0. The van der Waals surface area contributed by atoms with Gasteiger partial charge in [0.05, 0.1) is 0 Å². The Balaban J connectivity index is 0.000000251. The fourth-order valence-electron chi connectivity index (χ4n) is 2.94. The Labute approximate surface area is 157 Å². The van der Waals surface area contributed by atoms with Crippen molar-refractivity contribution in [3.63, 3.8) is 0 Å². The van der Waals surface area contributed by atoms with Gasteiger partial charge in [0.2, 0.25) is 0 Å². The van der Waals surface area contributed by atoms with Crippen LogP contribution in [0.3, 0.4) is 0 Å². The lowest BCUT2D eigenvalue weighted by Gasteiger charge is -2.16. The minimum Gasteiger partial charge on any atom is -0.0840 e. The highest BCUT2D eigenvalue weighted by Gasteiger charge is 2.07. The summed E-state index contributed by atoms with van der Waals surface area (Å²) in [7, 11) is 0. The molecule has 0 amide bonds. The monoisotopic (exact) mass is 340 g/mol. The van der Waals surface area contributed by atoms with Crippen LogP contribution in [-0.4, -0.2) is 0 Å². The molecule has 2 rings (SSSR count). The quantitative estimate of drug-likeness (QED) is 0.449. The molecule has 25 heavy (non-hydrogen) atoms. The van der Waals surface area contributed by atoms with Crippen LogP contribution in [0.15, 0.2) is 54.1 Å². The molecular formula is C25H40. The summed E-state index contributed by atoms with van der Waals surface area (Å²) in [6.45, 7) is 11.6. The smallest absolute Gasteiger partial charge is 0.0279 e. The summed E-state index contributed by atoms with van der Waals surface area (Å²) >= 11 is 0. The van der Waals surface area contributed by atoms with Crippen LogP contribution in [0.4, 0.5) is 0 Å². The van der Waals surface area contributed by atoms with Crippen molar-refractivity contribution in [3.05, 3.63) is 59.7 Å². The number of hydrogen-bond donors (Lipinski definition) is 0. The van der Waals surface area contributed by atoms with Crippen LogP contribution >= 0.6 is 0 Å². The zero-order chi connectivity index (χ0) is 18.5. The molecule has 0 bridgehead atoms. The molecule has 0 saturated heterocycles. The lowest BCUT2D eigenvalue weighted by molar-refractivity contribution is 0.393. The molecule has 1 atom stereocenters. The summed E-state index contributed by atoms with van der Waals surface area (Å²) in [5.74, 6) is 2.53. The summed E-state index contributed by atoms with van der Waals surface area (Å²) in [5, 5.41) is 0. The predicted molar refractivity (Wildman–Crippen MR) is 114 cm³/mol. The molecule has 0 heterocycles. The first-order chi connectivity index (χ1) is 12.0. The number of allylic oxidation sites excluding steroid dienone is 4. The van der Waals surface area contributed by atoms with Crippen molar-refractivity contribution >= 4 is 0 Å². The average Bonchev–Trinajstić information content (AvgIpc) is 2.61. The van der Waals surface area contributed by atoms with E-state index in [0.29, 0.717) is 0 Å². The van der Waals surface area contributed by atoms with Crippen molar-refractivity contribution < 1.29 is 0 Å². The van der Waals surface area contributed by atoms with Crippen molar-refractivity contribution in [1.29, 1.82) is 0 Å². The van der Waals surface area contributed by atoms with Crippen LogP contribution in [0, 0.1) is 17.8 Å². The standard InChI is InChI=1S/C13H22.C12H18/c1-11(2)12(3)9-10-13-7-5-4-6-8-13;1-11(2)7-6-10-12-8-4-3-5-9-12/h5,7-8,11-12H,4,6,9-10H2,1-3H3;3-5,8-9,11H,6-7,10H2,1-2H3. The lowest BCUT2D eigenvalue weighted by Crippen LogP contribution is -2.03. The van der Waals surface area contributed by atoms with E-state index in [1.165, 1.54) is 50.5 Å². The minimum atomic E-state index is 0.827. The van der Waals surface area contributed by atoms with Gasteiger partial charge < -0.3 is 0 Å². The highest BCUT2D eigenvalue weighted by atomic mass is 14.1. The first-order valence-electron chi connectivity index (χ1n) is 10.4. The van der Waals surface area contributed by atoms with Crippen molar-refractivity contribution in [3.8, 4) is 0 Å². The minimum absolute atomic E-state index is 0.827. The Bertz CT molecular complexity index is 490. The molecule has 0 N–H and O–H groups in total. The lowest BCUT2D eigenvalue weighted by atomic mass is 9.90. The Kier molecular flexibility index (Phi) is 11.3. The molecule has 0 aromatic heterocycles. The molecule has 1 aliphatic carbocycles. The van der Waals surface area contributed by atoms with Gasteiger partial charge in [0.15, 0.2) is 0 Å². The zero-order valence-electron chi connectivity index (χ0n) is 17.3. The van der Waals surface area contributed by atoms with Crippen molar-refractivity contribution in [2.75, 3.05) is 0 Å². The van der Waals surface area contributed by atoms with E-state index in [4.69, 9.17) is 0 Å². The van der Waals surface area contributed by atoms with E-state index < -0.39 is 0 Å². The molecule has 1 aromatic rings. The first-order valence-corrected chi connectivity index (χ1v) is 10.4. The number of benzene rings is 1. The fourth-order valence-corrected chi connectivity index (χ4v) is 2.94. The third-order valence-electron chi connectivity index (χ3n) is 5.19.